The molecule has 9 heteroatoms. The number of rotatable bonds is 8. The summed E-state index contributed by atoms with van der Waals surface area (Å²) in [4.78, 5) is 31.7. The quantitative estimate of drug-likeness (QED) is 0.283. The molecule has 178 valence electrons. The maximum absolute atomic E-state index is 13.2. The minimum Gasteiger partial charge on any atom is -0.322 e. The lowest BCUT2D eigenvalue weighted by Gasteiger charge is -2.13. The second kappa shape index (κ2) is 10.9. The zero-order valence-electron chi connectivity index (χ0n) is 19.0. The molecule has 0 atom stereocenters. The number of nitrogens with one attached hydrogen (secondary N) is 3. The zero-order chi connectivity index (χ0) is 24.0. The first-order valence-electron chi connectivity index (χ1n) is 11.5. The van der Waals surface area contributed by atoms with E-state index in [0.29, 0.717) is 22.1 Å². The zero-order valence-corrected chi connectivity index (χ0v) is 20.7. The second-order valence-electron chi connectivity index (χ2n) is 8.30. The van der Waals surface area contributed by atoms with Crippen LogP contribution in [0.1, 0.15) is 45.0 Å². The van der Waals surface area contributed by atoms with Crippen molar-refractivity contribution >= 4 is 45.6 Å². The fourth-order valence-corrected chi connectivity index (χ4v) is 6.03. The maximum atomic E-state index is 13.2. The van der Waals surface area contributed by atoms with Gasteiger partial charge >= 0.3 is 0 Å². The number of aromatic nitrogens is 3. The van der Waals surface area contributed by atoms with Gasteiger partial charge in [-0.3, -0.25) is 14.7 Å². The number of anilines is 2. The van der Waals surface area contributed by atoms with Gasteiger partial charge in [-0.2, -0.15) is 0 Å². The molecule has 0 spiro atoms. The topological polar surface area (TPSA) is 99.8 Å². The van der Waals surface area contributed by atoms with Crippen LogP contribution in [-0.2, 0) is 24.1 Å². The van der Waals surface area contributed by atoms with Gasteiger partial charge in [0.25, 0.3) is 5.91 Å². The molecule has 3 N–H and O–H groups in total. The van der Waals surface area contributed by atoms with Crippen LogP contribution >= 0.6 is 23.1 Å². The number of benzene rings is 2. The minimum absolute atomic E-state index is 0.158. The van der Waals surface area contributed by atoms with Crippen LogP contribution in [-0.4, -0.2) is 32.7 Å². The summed E-state index contributed by atoms with van der Waals surface area (Å²) in [5.74, 6) is 0.546. The van der Waals surface area contributed by atoms with Crippen LogP contribution in [0.25, 0.3) is 0 Å². The summed E-state index contributed by atoms with van der Waals surface area (Å²) < 4.78 is 0. The largest absolute Gasteiger partial charge is 0.322 e. The molecule has 1 aliphatic carbocycles. The van der Waals surface area contributed by atoms with Crippen molar-refractivity contribution in [3.63, 3.8) is 0 Å². The van der Waals surface area contributed by atoms with Crippen LogP contribution < -0.4 is 10.6 Å². The van der Waals surface area contributed by atoms with E-state index in [4.69, 9.17) is 0 Å². The number of thioether (sulfide) groups is 1. The summed E-state index contributed by atoms with van der Waals surface area (Å²) in [6.45, 7) is 0. The van der Waals surface area contributed by atoms with E-state index in [2.05, 4.69) is 25.8 Å². The molecular formula is C26H25N5O2S2. The van der Waals surface area contributed by atoms with Crippen molar-refractivity contribution in [1.29, 1.82) is 0 Å². The molecule has 4 aromatic rings. The van der Waals surface area contributed by atoms with Crippen LogP contribution in [0, 0.1) is 0 Å². The van der Waals surface area contributed by atoms with Crippen LogP contribution in [0.2, 0.25) is 0 Å². The highest BCUT2D eigenvalue weighted by Gasteiger charge is 2.26. The number of thiophene rings is 1. The van der Waals surface area contributed by atoms with Gasteiger partial charge in [-0.15, -0.1) is 16.4 Å². The number of hydrogen-bond acceptors (Lipinski definition) is 6. The van der Waals surface area contributed by atoms with Crippen LogP contribution in [0.3, 0.4) is 0 Å². The third kappa shape index (κ3) is 5.80. The van der Waals surface area contributed by atoms with Gasteiger partial charge in [-0.05, 0) is 48.9 Å². The van der Waals surface area contributed by atoms with Crippen molar-refractivity contribution in [1.82, 2.24) is 15.2 Å². The molecule has 0 unspecified atom stereocenters. The summed E-state index contributed by atoms with van der Waals surface area (Å²) in [6, 6.07) is 19.4. The van der Waals surface area contributed by atoms with Gasteiger partial charge < -0.3 is 10.6 Å². The summed E-state index contributed by atoms with van der Waals surface area (Å²) in [5.41, 5.74) is 3.53. The number of amides is 2. The SMILES string of the molecule is O=C(CSc1n[nH]c(Cc2ccccc2)n1)Nc1sc2c(c1C(=O)Nc1ccccc1)CCCC2. The number of carbonyl (C=O) groups excluding carboxylic acids is 2. The van der Waals surface area contributed by atoms with Crippen molar-refractivity contribution in [2.75, 3.05) is 16.4 Å². The number of fused-ring (bicyclic) bond motifs is 1. The molecule has 1 aliphatic rings. The predicted octanol–water partition coefficient (Wildman–Crippen LogP) is 5.32. The predicted molar refractivity (Wildman–Crippen MR) is 140 cm³/mol. The lowest BCUT2D eigenvalue weighted by Crippen LogP contribution is -2.19. The average Bonchev–Trinajstić information content (AvgIpc) is 3.47. The van der Waals surface area contributed by atoms with Crippen molar-refractivity contribution in [2.45, 2.75) is 37.3 Å². The Morgan fingerprint density at radius 1 is 0.971 bits per heavy atom. The fraction of sp³-hybridized carbons (Fsp3) is 0.231. The molecule has 0 aliphatic heterocycles. The van der Waals surface area contributed by atoms with E-state index in [1.807, 2.05) is 60.7 Å². The molecular weight excluding hydrogens is 478 g/mol. The molecule has 0 fully saturated rings. The molecule has 5 rings (SSSR count). The van der Waals surface area contributed by atoms with E-state index in [1.165, 1.54) is 28.0 Å². The Morgan fingerprint density at radius 3 is 2.51 bits per heavy atom. The standard InChI is InChI=1S/C26H25N5O2S2/c32-22(16-34-26-28-21(30-31-26)15-17-9-3-1-4-10-17)29-25-23(19-13-7-8-14-20(19)35-25)24(33)27-18-11-5-2-6-12-18/h1-6,9-12H,7-8,13-16H2,(H,27,33)(H,29,32)(H,28,30,31). The van der Waals surface area contributed by atoms with E-state index < -0.39 is 0 Å². The highest BCUT2D eigenvalue weighted by molar-refractivity contribution is 7.99. The Bertz CT molecular complexity index is 1320. The van der Waals surface area contributed by atoms with Gasteiger partial charge in [0, 0.05) is 17.0 Å². The molecule has 2 aromatic heterocycles. The van der Waals surface area contributed by atoms with Crippen molar-refractivity contribution < 1.29 is 9.59 Å². The first kappa shape index (κ1) is 23.3. The molecule has 2 aromatic carbocycles. The fourth-order valence-electron chi connectivity index (χ4n) is 4.11. The molecule has 0 saturated carbocycles. The van der Waals surface area contributed by atoms with E-state index >= 15 is 0 Å². The number of para-hydroxylation sites is 1. The first-order valence-corrected chi connectivity index (χ1v) is 13.3. The third-order valence-corrected chi connectivity index (χ3v) is 7.80. The first-order chi connectivity index (χ1) is 17.2. The molecule has 7 nitrogen and oxygen atoms in total. The van der Waals surface area contributed by atoms with E-state index in [9.17, 15) is 9.59 Å². The lowest BCUT2D eigenvalue weighted by molar-refractivity contribution is -0.113. The molecule has 2 amide bonds. The van der Waals surface area contributed by atoms with E-state index in [0.717, 1.165) is 48.3 Å². The number of nitrogens with zero attached hydrogens (tertiary/aromatic N) is 2. The summed E-state index contributed by atoms with van der Waals surface area (Å²) in [7, 11) is 0. The number of H-pyrrole nitrogens is 1. The van der Waals surface area contributed by atoms with Crippen molar-refractivity contribution in [3.05, 3.63) is 88.1 Å². The molecule has 2 heterocycles. The van der Waals surface area contributed by atoms with Crippen molar-refractivity contribution in [2.24, 2.45) is 0 Å². The summed E-state index contributed by atoms with van der Waals surface area (Å²) >= 11 is 2.79. The van der Waals surface area contributed by atoms with Crippen molar-refractivity contribution in [3.8, 4) is 0 Å². The highest BCUT2D eigenvalue weighted by atomic mass is 32.2. The molecule has 0 bridgehead atoms. The van der Waals surface area contributed by atoms with Gasteiger partial charge in [0.1, 0.15) is 10.8 Å². The molecule has 35 heavy (non-hydrogen) atoms. The third-order valence-electron chi connectivity index (χ3n) is 5.74. The smallest absolute Gasteiger partial charge is 0.258 e. The van der Waals surface area contributed by atoms with E-state index in [-0.39, 0.29) is 17.6 Å². The maximum Gasteiger partial charge on any atom is 0.258 e. The normalized spacial score (nSPS) is 12.7. The monoisotopic (exact) mass is 503 g/mol. The Labute approximate surface area is 211 Å². The van der Waals surface area contributed by atoms with Crippen LogP contribution in [0.4, 0.5) is 10.7 Å². The summed E-state index contributed by atoms with van der Waals surface area (Å²) in [5, 5.41) is 14.3. The Balaban J connectivity index is 1.24. The second-order valence-corrected chi connectivity index (χ2v) is 10.3. The minimum atomic E-state index is -0.184. The molecule has 0 saturated heterocycles. The lowest BCUT2D eigenvalue weighted by atomic mass is 9.95. The van der Waals surface area contributed by atoms with Gasteiger partial charge in [-0.25, -0.2) is 4.98 Å². The van der Waals surface area contributed by atoms with Crippen LogP contribution in [0.5, 0.6) is 0 Å². The number of aryl methyl sites for hydroxylation is 1. The van der Waals surface area contributed by atoms with Gasteiger partial charge in [0.15, 0.2) is 0 Å². The van der Waals surface area contributed by atoms with Crippen LogP contribution in [0.15, 0.2) is 65.8 Å². The molecule has 0 radical (unpaired) electrons. The average molecular weight is 504 g/mol. The highest BCUT2D eigenvalue weighted by Crippen LogP contribution is 2.38. The van der Waals surface area contributed by atoms with Gasteiger partial charge in [0.05, 0.1) is 11.3 Å². The number of aromatic amines is 1. The van der Waals surface area contributed by atoms with Gasteiger partial charge in [-0.1, -0.05) is 60.3 Å². The van der Waals surface area contributed by atoms with Gasteiger partial charge in [0.2, 0.25) is 11.1 Å². The Hall–Kier alpha value is -3.43. The number of hydrogen-bond donors (Lipinski definition) is 3. The Kier molecular flexibility index (Phi) is 7.25. The number of carbonyl (C=O) groups is 2. The summed E-state index contributed by atoms with van der Waals surface area (Å²) in [6.07, 6.45) is 4.61. The Morgan fingerprint density at radius 2 is 1.71 bits per heavy atom. The van der Waals surface area contributed by atoms with E-state index in [1.54, 1.807) is 0 Å².